The minimum absolute atomic E-state index is 0.310. The Morgan fingerprint density at radius 2 is 2.19 bits per heavy atom. The molecule has 0 spiro atoms. The fourth-order valence-corrected chi connectivity index (χ4v) is 2.28. The molecule has 0 radical (unpaired) electrons. The van der Waals surface area contributed by atoms with Gasteiger partial charge in [0.05, 0.1) is 19.3 Å². The maximum Gasteiger partial charge on any atom is 0.0793 e. The minimum Gasteiger partial charge on any atom is -0.390 e. The van der Waals surface area contributed by atoms with E-state index in [2.05, 4.69) is 32.3 Å². The van der Waals surface area contributed by atoms with E-state index < -0.39 is 0 Å². The first kappa shape index (κ1) is 14.1. The molecule has 0 aromatic heterocycles. The highest BCUT2D eigenvalue weighted by Gasteiger charge is 2.16. The molecule has 1 atom stereocenters. The Bertz CT molecular complexity index is 220. The maximum absolute atomic E-state index is 9.92. The van der Waals surface area contributed by atoms with Crippen LogP contribution in [0.1, 0.15) is 0 Å². The Labute approximate surface area is 106 Å². The van der Waals surface area contributed by atoms with Gasteiger partial charge >= 0.3 is 0 Å². The summed E-state index contributed by atoms with van der Waals surface area (Å²) in [6.45, 7) is 9.34. The second-order valence-electron chi connectivity index (χ2n) is 4.28. The van der Waals surface area contributed by atoms with Gasteiger partial charge in [0.25, 0.3) is 0 Å². The van der Waals surface area contributed by atoms with Crippen LogP contribution in [-0.2, 0) is 4.74 Å². The lowest BCUT2D eigenvalue weighted by atomic mass is 10.3. The molecular weight excluding hydrogens is 272 g/mol. The van der Waals surface area contributed by atoms with Gasteiger partial charge in [-0.1, -0.05) is 22.5 Å². The van der Waals surface area contributed by atoms with E-state index in [0.717, 1.165) is 43.9 Å². The number of morpholine rings is 1. The first-order chi connectivity index (χ1) is 7.58. The van der Waals surface area contributed by atoms with Crippen molar-refractivity contribution in [3.8, 4) is 0 Å². The SMILES string of the molecule is C=C(Br)CN(C)C[C@@H](O)CN1CCOCC1. The topological polar surface area (TPSA) is 35.9 Å². The molecule has 1 fully saturated rings. The minimum atomic E-state index is -0.310. The van der Waals surface area contributed by atoms with Crippen molar-refractivity contribution >= 4 is 15.9 Å². The number of ether oxygens (including phenoxy) is 1. The molecule has 1 N–H and O–H groups in total. The predicted molar refractivity (Wildman–Crippen MR) is 68.8 cm³/mol. The molecule has 0 aromatic rings. The van der Waals surface area contributed by atoms with Gasteiger partial charge in [-0.3, -0.25) is 9.80 Å². The van der Waals surface area contributed by atoms with Crippen molar-refractivity contribution in [2.45, 2.75) is 6.10 Å². The van der Waals surface area contributed by atoms with Gasteiger partial charge in [-0.25, -0.2) is 0 Å². The van der Waals surface area contributed by atoms with Crippen LogP contribution in [0.2, 0.25) is 0 Å². The number of β-amino-alcohol motifs (C(OH)–C–C–N with tert-alkyl or cyclic N) is 1. The number of halogens is 1. The molecular formula is C11H21BrN2O2. The second kappa shape index (κ2) is 7.40. The summed E-state index contributed by atoms with van der Waals surface area (Å²) in [4.78, 5) is 4.30. The largest absolute Gasteiger partial charge is 0.390 e. The number of hydrogen-bond donors (Lipinski definition) is 1. The van der Waals surface area contributed by atoms with Gasteiger partial charge in [0.1, 0.15) is 0 Å². The van der Waals surface area contributed by atoms with Crippen molar-refractivity contribution in [3.05, 3.63) is 11.1 Å². The number of likely N-dealkylation sites (N-methyl/N-ethyl adjacent to an activating group) is 1. The fourth-order valence-electron chi connectivity index (χ4n) is 1.86. The summed E-state index contributed by atoms with van der Waals surface area (Å²) in [5.74, 6) is 0. The summed E-state index contributed by atoms with van der Waals surface area (Å²) in [6.07, 6.45) is -0.310. The highest BCUT2D eigenvalue weighted by atomic mass is 79.9. The molecule has 0 unspecified atom stereocenters. The summed E-state index contributed by atoms with van der Waals surface area (Å²) in [6, 6.07) is 0. The highest BCUT2D eigenvalue weighted by Crippen LogP contribution is 2.04. The first-order valence-electron chi connectivity index (χ1n) is 5.58. The van der Waals surface area contributed by atoms with Gasteiger partial charge in [-0.05, 0) is 7.05 Å². The van der Waals surface area contributed by atoms with Gasteiger partial charge in [0.15, 0.2) is 0 Å². The van der Waals surface area contributed by atoms with E-state index >= 15 is 0 Å². The Hall–Kier alpha value is 0.0600. The van der Waals surface area contributed by atoms with Gasteiger partial charge in [0, 0.05) is 37.2 Å². The highest BCUT2D eigenvalue weighted by molar-refractivity contribution is 9.11. The number of nitrogens with zero attached hydrogens (tertiary/aromatic N) is 2. The van der Waals surface area contributed by atoms with Gasteiger partial charge < -0.3 is 9.84 Å². The van der Waals surface area contributed by atoms with Crippen molar-refractivity contribution in [2.75, 3.05) is 53.0 Å². The van der Waals surface area contributed by atoms with Gasteiger partial charge in [0.2, 0.25) is 0 Å². The van der Waals surface area contributed by atoms with E-state index in [9.17, 15) is 5.11 Å². The van der Waals surface area contributed by atoms with Crippen LogP contribution in [0.5, 0.6) is 0 Å². The molecule has 1 rings (SSSR count). The van der Waals surface area contributed by atoms with Crippen molar-refractivity contribution < 1.29 is 9.84 Å². The van der Waals surface area contributed by atoms with E-state index in [4.69, 9.17) is 4.74 Å². The Kier molecular flexibility index (Phi) is 6.53. The summed E-state index contributed by atoms with van der Waals surface area (Å²) in [5.41, 5.74) is 0. The second-order valence-corrected chi connectivity index (χ2v) is 5.40. The molecule has 16 heavy (non-hydrogen) atoms. The van der Waals surface area contributed by atoms with Crippen LogP contribution in [0.15, 0.2) is 11.1 Å². The summed E-state index contributed by atoms with van der Waals surface area (Å²) < 4.78 is 6.20. The monoisotopic (exact) mass is 292 g/mol. The third-order valence-electron chi connectivity index (χ3n) is 2.54. The summed E-state index contributed by atoms with van der Waals surface area (Å²) >= 11 is 3.32. The normalized spacial score (nSPS) is 20.0. The molecule has 0 aliphatic carbocycles. The molecule has 0 aromatic carbocycles. The molecule has 1 aliphatic heterocycles. The smallest absolute Gasteiger partial charge is 0.0793 e. The van der Waals surface area contributed by atoms with Crippen LogP contribution in [0.25, 0.3) is 0 Å². The zero-order valence-corrected chi connectivity index (χ0v) is 11.4. The predicted octanol–water partition coefficient (Wildman–Crippen LogP) is 0.520. The molecule has 1 aliphatic rings. The Morgan fingerprint density at radius 1 is 1.56 bits per heavy atom. The van der Waals surface area contributed by atoms with Crippen LogP contribution in [-0.4, -0.2) is 74.0 Å². The van der Waals surface area contributed by atoms with Crippen LogP contribution >= 0.6 is 15.9 Å². The van der Waals surface area contributed by atoms with E-state index in [1.807, 2.05) is 7.05 Å². The van der Waals surface area contributed by atoms with Crippen molar-refractivity contribution in [1.82, 2.24) is 9.80 Å². The summed E-state index contributed by atoms with van der Waals surface area (Å²) in [7, 11) is 1.98. The molecule has 0 bridgehead atoms. The molecule has 94 valence electrons. The molecule has 0 saturated carbocycles. The molecule has 4 nitrogen and oxygen atoms in total. The quantitative estimate of drug-likeness (QED) is 0.774. The van der Waals surface area contributed by atoms with Crippen LogP contribution < -0.4 is 0 Å². The number of aliphatic hydroxyl groups is 1. The van der Waals surface area contributed by atoms with Gasteiger partial charge in [-0.2, -0.15) is 0 Å². The molecule has 0 amide bonds. The average Bonchev–Trinajstić information content (AvgIpc) is 2.17. The van der Waals surface area contributed by atoms with E-state index in [0.29, 0.717) is 6.54 Å². The lowest BCUT2D eigenvalue weighted by Crippen LogP contribution is -2.44. The lowest BCUT2D eigenvalue weighted by Gasteiger charge is -2.30. The number of aliphatic hydroxyl groups excluding tert-OH is 1. The third kappa shape index (κ3) is 5.96. The van der Waals surface area contributed by atoms with Crippen LogP contribution in [0, 0.1) is 0 Å². The first-order valence-corrected chi connectivity index (χ1v) is 6.37. The van der Waals surface area contributed by atoms with Crippen molar-refractivity contribution in [3.63, 3.8) is 0 Å². The lowest BCUT2D eigenvalue weighted by molar-refractivity contribution is 0.00933. The van der Waals surface area contributed by atoms with E-state index in [1.165, 1.54) is 0 Å². The standard InChI is InChI=1S/C11H21BrN2O2/c1-10(12)7-13(2)8-11(15)9-14-3-5-16-6-4-14/h11,15H,1,3-9H2,2H3/t11-/m1/s1. The van der Waals surface area contributed by atoms with E-state index in [-0.39, 0.29) is 6.10 Å². The molecule has 5 heteroatoms. The number of rotatable bonds is 6. The molecule has 1 saturated heterocycles. The third-order valence-corrected chi connectivity index (χ3v) is 2.79. The zero-order valence-electron chi connectivity index (χ0n) is 9.86. The molecule has 1 heterocycles. The Balaban J connectivity index is 2.18. The zero-order chi connectivity index (χ0) is 12.0. The Morgan fingerprint density at radius 3 is 2.75 bits per heavy atom. The fraction of sp³-hybridized carbons (Fsp3) is 0.818. The summed E-state index contributed by atoms with van der Waals surface area (Å²) in [5, 5.41) is 9.92. The van der Waals surface area contributed by atoms with Crippen molar-refractivity contribution in [2.24, 2.45) is 0 Å². The van der Waals surface area contributed by atoms with E-state index in [1.54, 1.807) is 0 Å². The average molecular weight is 293 g/mol. The van der Waals surface area contributed by atoms with Crippen molar-refractivity contribution in [1.29, 1.82) is 0 Å². The maximum atomic E-state index is 9.92. The van der Waals surface area contributed by atoms with Crippen LogP contribution in [0.3, 0.4) is 0 Å². The van der Waals surface area contributed by atoms with Crippen LogP contribution in [0.4, 0.5) is 0 Å². The van der Waals surface area contributed by atoms with Gasteiger partial charge in [-0.15, -0.1) is 0 Å². The number of hydrogen-bond acceptors (Lipinski definition) is 4.